The van der Waals surface area contributed by atoms with Gasteiger partial charge in [-0.25, -0.2) is 0 Å². The van der Waals surface area contributed by atoms with Crippen LogP contribution in [0.5, 0.6) is 0 Å². The lowest BCUT2D eigenvalue weighted by atomic mass is 10.0. The van der Waals surface area contributed by atoms with E-state index < -0.39 is 17.3 Å². The van der Waals surface area contributed by atoms with Crippen LogP contribution in [0, 0.1) is 0 Å². The van der Waals surface area contributed by atoms with E-state index in [4.69, 9.17) is 9.47 Å². The molecule has 3 nitrogen and oxygen atoms in total. The van der Waals surface area contributed by atoms with E-state index in [-0.39, 0.29) is 12.1 Å². The van der Waals surface area contributed by atoms with E-state index in [1.54, 1.807) is 13.2 Å². The molecule has 0 aliphatic carbocycles. The zero-order valence-electron chi connectivity index (χ0n) is 11.3. The summed E-state index contributed by atoms with van der Waals surface area (Å²) in [6.07, 6.45) is -3.58. The van der Waals surface area contributed by atoms with Crippen molar-refractivity contribution in [2.24, 2.45) is 0 Å². The van der Waals surface area contributed by atoms with Crippen molar-refractivity contribution < 1.29 is 22.6 Å². The van der Waals surface area contributed by atoms with Gasteiger partial charge in [-0.15, -0.1) is 0 Å². The molecule has 112 valence electrons. The van der Waals surface area contributed by atoms with Crippen molar-refractivity contribution in [1.29, 1.82) is 0 Å². The highest BCUT2D eigenvalue weighted by molar-refractivity contribution is 5.29. The second-order valence-corrected chi connectivity index (χ2v) is 4.95. The summed E-state index contributed by atoms with van der Waals surface area (Å²) >= 11 is 0. The molecule has 20 heavy (non-hydrogen) atoms. The van der Waals surface area contributed by atoms with Gasteiger partial charge in [0.15, 0.2) is 0 Å². The van der Waals surface area contributed by atoms with Gasteiger partial charge in [-0.05, 0) is 11.6 Å². The number of methoxy groups -OCH3 is 1. The molecule has 1 N–H and O–H groups in total. The molecule has 0 amide bonds. The van der Waals surface area contributed by atoms with Gasteiger partial charge in [0.1, 0.15) is 5.60 Å². The molecular formula is C14H18F3NO2. The van der Waals surface area contributed by atoms with Crippen LogP contribution in [0.15, 0.2) is 24.3 Å². The maximum atomic E-state index is 12.8. The standard InChI is InChI=1S/C14H18F3NO2/c1-19-13(6-7-20-10-13)9-18-8-11-4-2-3-5-12(11)14(15,16)17/h2-5,18H,6-10H2,1H3. The van der Waals surface area contributed by atoms with E-state index in [2.05, 4.69) is 5.32 Å². The topological polar surface area (TPSA) is 30.5 Å². The first-order valence-corrected chi connectivity index (χ1v) is 6.46. The van der Waals surface area contributed by atoms with Gasteiger partial charge in [-0.1, -0.05) is 18.2 Å². The first-order chi connectivity index (χ1) is 9.47. The summed E-state index contributed by atoms with van der Waals surface area (Å²) in [6.45, 7) is 1.71. The van der Waals surface area contributed by atoms with Crippen LogP contribution in [0.2, 0.25) is 0 Å². The fraction of sp³-hybridized carbons (Fsp3) is 0.571. The molecule has 1 aliphatic rings. The Balaban J connectivity index is 1.98. The molecule has 1 atom stereocenters. The third-order valence-electron chi connectivity index (χ3n) is 3.59. The first-order valence-electron chi connectivity index (χ1n) is 6.46. The Labute approximate surface area is 116 Å². The number of halogens is 3. The van der Waals surface area contributed by atoms with E-state index >= 15 is 0 Å². The molecule has 0 bridgehead atoms. The third-order valence-corrected chi connectivity index (χ3v) is 3.59. The molecule has 1 fully saturated rings. The number of rotatable bonds is 5. The van der Waals surface area contributed by atoms with Gasteiger partial charge >= 0.3 is 6.18 Å². The summed E-state index contributed by atoms with van der Waals surface area (Å²) in [5.41, 5.74) is -0.778. The van der Waals surface area contributed by atoms with Gasteiger partial charge in [-0.2, -0.15) is 13.2 Å². The smallest absolute Gasteiger partial charge is 0.378 e. The van der Waals surface area contributed by atoms with Crippen LogP contribution in [0.1, 0.15) is 17.5 Å². The highest BCUT2D eigenvalue weighted by atomic mass is 19.4. The fourth-order valence-corrected chi connectivity index (χ4v) is 2.34. The van der Waals surface area contributed by atoms with Crippen LogP contribution in [-0.2, 0) is 22.2 Å². The van der Waals surface area contributed by atoms with Gasteiger partial charge in [-0.3, -0.25) is 0 Å². The lowest BCUT2D eigenvalue weighted by Crippen LogP contribution is -2.42. The van der Waals surface area contributed by atoms with Crippen LogP contribution in [0.25, 0.3) is 0 Å². The minimum atomic E-state index is -4.33. The number of ether oxygens (including phenoxy) is 2. The molecule has 0 radical (unpaired) electrons. The predicted molar refractivity (Wildman–Crippen MR) is 68.3 cm³/mol. The Morgan fingerprint density at radius 2 is 2.10 bits per heavy atom. The van der Waals surface area contributed by atoms with Gasteiger partial charge in [0.05, 0.1) is 12.2 Å². The maximum absolute atomic E-state index is 12.8. The van der Waals surface area contributed by atoms with E-state index in [0.29, 0.717) is 19.8 Å². The quantitative estimate of drug-likeness (QED) is 0.904. The number of alkyl halides is 3. The lowest BCUT2D eigenvalue weighted by Gasteiger charge is -2.26. The largest absolute Gasteiger partial charge is 0.416 e. The number of hydrogen-bond donors (Lipinski definition) is 1. The van der Waals surface area contributed by atoms with Crippen molar-refractivity contribution in [3.05, 3.63) is 35.4 Å². The summed E-state index contributed by atoms with van der Waals surface area (Å²) in [4.78, 5) is 0. The van der Waals surface area contributed by atoms with Crippen LogP contribution < -0.4 is 5.32 Å². The molecule has 1 saturated heterocycles. The molecule has 1 aromatic carbocycles. The van der Waals surface area contributed by atoms with E-state index in [1.165, 1.54) is 12.1 Å². The molecule has 1 aromatic rings. The Hall–Kier alpha value is -1.11. The van der Waals surface area contributed by atoms with E-state index in [0.717, 1.165) is 12.5 Å². The number of nitrogens with one attached hydrogen (secondary N) is 1. The monoisotopic (exact) mass is 289 g/mol. The predicted octanol–water partition coefficient (Wildman–Crippen LogP) is 2.60. The maximum Gasteiger partial charge on any atom is 0.416 e. The van der Waals surface area contributed by atoms with Crippen molar-refractivity contribution in [3.63, 3.8) is 0 Å². The van der Waals surface area contributed by atoms with Crippen molar-refractivity contribution in [2.75, 3.05) is 26.9 Å². The van der Waals surface area contributed by atoms with Gasteiger partial charge in [0.25, 0.3) is 0 Å². The number of benzene rings is 1. The Kier molecular flexibility index (Phi) is 4.67. The molecule has 2 rings (SSSR count). The summed E-state index contributed by atoms with van der Waals surface area (Å²) in [5.74, 6) is 0. The zero-order chi connectivity index (χ0) is 14.6. The van der Waals surface area contributed by atoms with Crippen molar-refractivity contribution in [1.82, 2.24) is 5.32 Å². The van der Waals surface area contributed by atoms with Gasteiger partial charge in [0.2, 0.25) is 0 Å². The summed E-state index contributed by atoms with van der Waals surface area (Å²) in [6, 6.07) is 5.59. The summed E-state index contributed by atoms with van der Waals surface area (Å²) < 4.78 is 49.2. The van der Waals surface area contributed by atoms with E-state index in [1.807, 2.05) is 0 Å². The Bertz CT molecular complexity index is 442. The SMILES string of the molecule is COC1(CNCc2ccccc2C(F)(F)F)CCOC1. The molecule has 6 heteroatoms. The van der Waals surface area contributed by atoms with Gasteiger partial charge in [0, 0.05) is 33.2 Å². The lowest BCUT2D eigenvalue weighted by molar-refractivity contribution is -0.138. The molecule has 1 heterocycles. The van der Waals surface area contributed by atoms with Crippen molar-refractivity contribution in [3.8, 4) is 0 Å². The second kappa shape index (κ2) is 6.11. The average molecular weight is 289 g/mol. The molecule has 1 unspecified atom stereocenters. The van der Waals surface area contributed by atoms with Crippen LogP contribution >= 0.6 is 0 Å². The van der Waals surface area contributed by atoms with Crippen LogP contribution in [0.4, 0.5) is 13.2 Å². The molecule has 1 aliphatic heterocycles. The minimum absolute atomic E-state index is 0.154. The Morgan fingerprint density at radius 1 is 1.35 bits per heavy atom. The Morgan fingerprint density at radius 3 is 2.70 bits per heavy atom. The molecular weight excluding hydrogens is 271 g/mol. The van der Waals surface area contributed by atoms with Crippen molar-refractivity contribution >= 4 is 0 Å². The fourth-order valence-electron chi connectivity index (χ4n) is 2.34. The van der Waals surface area contributed by atoms with Gasteiger partial charge < -0.3 is 14.8 Å². The minimum Gasteiger partial charge on any atom is -0.378 e. The summed E-state index contributed by atoms with van der Waals surface area (Å²) in [7, 11) is 1.60. The zero-order valence-corrected chi connectivity index (χ0v) is 11.3. The highest BCUT2D eigenvalue weighted by Crippen LogP contribution is 2.31. The van der Waals surface area contributed by atoms with Crippen molar-refractivity contribution in [2.45, 2.75) is 24.7 Å². The second-order valence-electron chi connectivity index (χ2n) is 4.95. The number of hydrogen-bond acceptors (Lipinski definition) is 3. The molecule has 0 aromatic heterocycles. The average Bonchev–Trinajstić information content (AvgIpc) is 2.88. The molecule has 0 spiro atoms. The normalized spacial score (nSPS) is 23.2. The van der Waals surface area contributed by atoms with Crippen LogP contribution in [-0.4, -0.2) is 32.5 Å². The summed E-state index contributed by atoms with van der Waals surface area (Å²) in [5, 5.41) is 3.04. The highest BCUT2D eigenvalue weighted by Gasteiger charge is 2.35. The van der Waals surface area contributed by atoms with E-state index in [9.17, 15) is 13.2 Å². The molecule has 0 saturated carbocycles. The third kappa shape index (κ3) is 3.50. The first kappa shape index (κ1) is 15.3. The van der Waals surface area contributed by atoms with Crippen LogP contribution in [0.3, 0.4) is 0 Å².